The van der Waals surface area contributed by atoms with Gasteiger partial charge in [0.15, 0.2) is 11.6 Å². The third-order valence-corrected chi connectivity index (χ3v) is 5.71. The molecule has 166 valence electrons. The summed E-state index contributed by atoms with van der Waals surface area (Å²) in [7, 11) is 1.62. The van der Waals surface area contributed by atoms with Crippen molar-refractivity contribution in [3.05, 3.63) is 84.1 Å². The summed E-state index contributed by atoms with van der Waals surface area (Å²) >= 11 is 0. The van der Waals surface area contributed by atoms with Gasteiger partial charge in [0.25, 0.3) is 11.8 Å². The number of anilines is 1. The largest absolute Gasteiger partial charge is 0.489 e. The molecule has 1 aliphatic rings. The van der Waals surface area contributed by atoms with E-state index in [1.54, 1.807) is 55.6 Å². The Morgan fingerprint density at radius 3 is 2.67 bits per heavy atom. The molecule has 0 radical (unpaired) electrons. The van der Waals surface area contributed by atoms with Crippen molar-refractivity contribution in [3.63, 3.8) is 0 Å². The average Bonchev–Trinajstić information content (AvgIpc) is 3.23. The number of amides is 2. The van der Waals surface area contributed by atoms with E-state index in [1.165, 1.54) is 17.0 Å². The van der Waals surface area contributed by atoms with Crippen molar-refractivity contribution in [2.24, 2.45) is 0 Å². The van der Waals surface area contributed by atoms with Crippen LogP contribution in [0.5, 0.6) is 5.75 Å². The van der Waals surface area contributed by atoms with Gasteiger partial charge in [-0.15, -0.1) is 0 Å². The molecular weight excluding hydrogens is 428 g/mol. The molecule has 1 aromatic heterocycles. The molecule has 4 aromatic rings. The van der Waals surface area contributed by atoms with Crippen LogP contribution in [0.3, 0.4) is 0 Å². The number of nitrogens with zero attached hydrogens (tertiary/aromatic N) is 1. The van der Waals surface area contributed by atoms with Crippen LogP contribution in [-0.4, -0.2) is 36.5 Å². The Morgan fingerprint density at radius 2 is 1.82 bits per heavy atom. The number of likely N-dealkylation sites (N-methyl/N-ethyl adjacent to an activating group) is 1. The molecule has 2 heterocycles. The van der Waals surface area contributed by atoms with Gasteiger partial charge in [0, 0.05) is 23.6 Å². The van der Waals surface area contributed by atoms with Crippen molar-refractivity contribution in [2.45, 2.75) is 6.04 Å². The smallest absolute Gasteiger partial charge is 0.268 e. The Morgan fingerprint density at radius 1 is 1.06 bits per heavy atom. The molecule has 0 unspecified atom stereocenters. The molecule has 0 spiro atoms. The van der Waals surface area contributed by atoms with Gasteiger partial charge in [-0.05, 0) is 24.3 Å². The van der Waals surface area contributed by atoms with Gasteiger partial charge in [0.1, 0.15) is 24.1 Å². The van der Waals surface area contributed by atoms with Crippen LogP contribution >= 0.6 is 0 Å². The van der Waals surface area contributed by atoms with Crippen molar-refractivity contribution in [3.8, 4) is 16.9 Å². The van der Waals surface area contributed by atoms with Gasteiger partial charge in [-0.1, -0.05) is 42.5 Å². The van der Waals surface area contributed by atoms with Gasteiger partial charge in [-0.2, -0.15) is 0 Å². The highest BCUT2D eigenvalue weighted by Crippen LogP contribution is 2.32. The van der Waals surface area contributed by atoms with E-state index >= 15 is 0 Å². The zero-order chi connectivity index (χ0) is 23.1. The van der Waals surface area contributed by atoms with Crippen molar-refractivity contribution < 1.29 is 23.1 Å². The molecule has 0 bridgehead atoms. The second-order valence-corrected chi connectivity index (χ2v) is 7.76. The number of rotatable bonds is 3. The third-order valence-electron chi connectivity index (χ3n) is 5.71. The summed E-state index contributed by atoms with van der Waals surface area (Å²) in [4.78, 5) is 30.3. The Hall–Kier alpha value is -4.20. The third kappa shape index (κ3) is 3.59. The molecule has 1 aliphatic heterocycles. The fourth-order valence-electron chi connectivity index (χ4n) is 4.01. The quantitative estimate of drug-likeness (QED) is 0.493. The number of hydrogen-bond acceptors (Lipinski definition) is 3. The average molecular weight is 447 g/mol. The second kappa shape index (κ2) is 8.05. The lowest BCUT2D eigenvalue weighted by molar-refractivity contribution is -0.120. The van der Waals surface area contributed by atoms with E-state index in [-0.39, 0.29) is 23.8 Å². The highest BCUT2D eigenvalue weighted by molar-refractivity contribution is 6.05. The molecule has 0 fully saturated rings. The lowest BCUT2D eigenvalue weighted by Gasteiger charge is -2.20. The predicted octanol–water partition coefficient (Wildman–Crippen LogP) is 4.27. The second-order valence-electron chi connectivity index (χ2n) is 7.76. The molecule has 6 nitrogen and oxygen atoms in total. The maximum absolute atomic E-state index is 14.4. The van der Waals surface area contributed by atoms with Crippen LogP contribution in [0.1, 0.15) is 10.5 Å². The Bertz CT molecular complexity index is 1400. The molecule has 8 heteroatoms. The maximum atomic E-state index is 14.4. The van der Waals surface area contributed by atoms with Crippen molar-refractivity contribution in [2.75, 3.05) is 18.6 Å². The molecule has 33 heavy (non-hydrogen) atoms. The van der Waals surface area contributed by atoms with Gasteiger partial charge in [0.05, 0.1) is 11.2 Å². The van der Waals surface area contributed by atoms with Crippen LogP contribution in [0.15, 0.2) is 66.7 Å². The summed E-state index contributed by atoms with van der Waals surface area (Å²) in [5, 5.41) is 3.36. The first-order valence-electron chi connectivity index (χ1n) is 10.3. The van der Waals surface area contributed by atoms with E-state index < -0.39 is 23.6 Å². The number of aromatic amines is 1. The van der Waals surface area contributed by atoms with Crippen LogP contribution in [-0.2, 0) is 4.79 Å². The molecule has 1 atom stereocenters. The highest BCUT2D eigenvalue weighted by Gasteiger charge is 2.31. The van der Waals surface area contributed by atoms with Crippen molar-refractivity contribution in [1.82, 2.24) is 10.3 Å². The minimum atomic E-state index is -0.964. The van der Waals surface area contributed by atoms with Gasteiger partial charge < -0.3 is 19.9 Å². The van der Waals surface area contributed by atoms with Crippen molar-refractivity contribution >= 4 is 28.4 Å². The van der Waals surface area contributed by atoms with Crippen LogP contribution in [0.4, 0.5) is 14.5 Å². The van der Waals surface area contributed by atoms with E-state index in [0.29, 0.717) is 27.9 Å². The summed E-state index contributed by atoms with van der Waals surface area (Å²) in [6.45, 7) is -0.0219. The first-order chi connectivity index (χ1) is 15.9. The molecule has 5 rings (SSSR count). The first kappa shape index (κ1) is 20.7. The Labute approximate surface area is 187 Å². The summed E-state index contributed by atoms with van der Waals surface area (Å²) in [5.41, 5.74) is 1.80. The number of carbonyl (C=O) groups excluding carboxylic acids is 2. The van der Waals surface area contributed by atoms with Gasteiger partial charge in [-0.3, -0.25) is 9.59 Å². The molecular formula is C25H19F2N3O3. The number of nitrogens with one attached hydrogen (secondary N) is 2. The highest BCUT2D eigenvalue weighted by atomic mass is 19.2. The fraction of sp³-hybridized carbons (Fsp3) is 0.120. The van der Waals surface area contributed by atoms with E-state index in [2.05, 4.69) is 10.3 Å². The topological polar surface area (TPSA) is 74.4 Å². The zero-order valence-corrected chi connectivity index (χ0v) is 17.6. The number of benzene rings is 3. The number of hydrogen-bond donors (Lipinski definition) is 2. The van der Waals surface area contributed by atoms with E-state index in [0.717, 1.165) is 6.07 Å². The van der Waals surface area contributed by atoms with Crippen molar-refractivity contribution in [1.29, 1.82) is 0 Å². The minimum Gasteiger partial charge on any atom is -0.489 e. The number of halogens is 2. The van der Waals surface area contributed by atoms with Crippen LogP contribution in [0.2, 0.25) is 0 Å². The summed E-state index contributed by atoms with van der Waals surface area (Å²) in [6, 6.07) is 16.9. The molecule has 2 N–H and O–H groups in total. The van der Waals surface area contributed by atoms with E-state index in [4.69, 9.17) is 4.74 Å². The fourth-order valence-corrected chi connectivity index (χ4v) is 4.01. The van der Waals surface area contributed by atoms with Crippen LogP contribution < -0.4 is 15.0 Å². The normalized spacial score (nSPS) is 15.7. The monoisotopic (exact) mass is 447 g/mol. The minimum absolute atomic E-state index is 0.0219. The number of para-hydroxylation sites is 3. The van der Waals surface area contributed by atoms with Crippen LogP contribution in [0, 0.1) is 11.6 Å². The molecule has 0 saturated heterocycles. The van der Waals surface area contributed by atoms with Gasteiger partial charge >= 0.3 is 0 Å². The van der Waals surface area contributed by atoms with E-state index in [1.807, 2.05) is 0 Å². The number of H-pyrrole nitrogens is 1. The molecule has 0 aliphatic carbocycles. The van der Waals surface area contributed by atoms with Crippen LogP contribution in [0.25, 0.3) is 22.0 Å². The SMILES string of the molecule is CN1C(=O)[C@@H](NC(=O)c2cc3cccc(-c4cccc(F)c4F)c3[nH]2)COc2ccccc21. The standard InChI is InChI=1S/C25H19F2N3O3/c1-30-20-10-2-3-11-21(20)33-13-19(25(30)32)29-24(31)18-12-14-6-4-8-16(23(14)28-18)15-7-5-9-17(26)22(15)27/h2-12,19,28H,13H2,1H3,(H,29,31)/t19-/m0/s1. The molecule has 0 saturated carbocycles. The summed E-state index contributed by atoms with van der Waals surface area (Å²) in [6.07, 6.45) is 0. The molecule has 2 amide bonds. The maximum Gasteiger partial charge on any atom is 0.268 e. The summed E-state index contributed by atoms with van der Waals surface area (Å²) in [5.74, 6) is -2.19. The number of aromatic nitrogens is 1. The zero-order valence-electron chi connectivity index (χ0n) is 17.6. The first-order valence-corrected chi connectivity index (χ1v) is 10.3. The van der Waals surface area contributed by atoms with Gasteiger partial charge in [-0.25, -0.2) is 8.78 Å². The molecule has 3 aromatic carbocycles. The van der Waals surface area contributed by atoms with E-state index in [9.17, 15) is 18.4 Å². The lowest BCUT2D eigenvalue weighted by Crippen LogP contribution is -2.49. The number of carbonyl (C=O) groups is 2. The number of ether oxygens (including phenoxy) is 1. The lowest BCUT2D eigenvalue weighted by atomic mass is 10.0. The summed E-state index contributed by atoms with van der Waals surface area (Å²) < 4.78 is 33.9. The van der Waals surface area contributed by atoms with Gasteiger partial charge in [0.2, 0.25) is 0 Å². The Kier molecular flexibility index (Phi) is 5.05. The predicted molar refractivity (Wildman–Crippen MR) is 120 cm³/mol. The number of fused-ring (bicyclic) bond motifs is 2. The Balaban J connectivity index is 1.44.